The minimum atomic E-state index is -2.20. The van der Waals surface area contributed by atoms with Crippen LogP contribution in [0.25, 0.3) is 0 Å². The number of rotatable bonds is 5. The summed E-state index contributed by atoms with van der Waals surface area (Å²) in [5, 5.41) is 51.8. The normalized spacial score (nSPS) is 17.7. The van der Waals surface area contributed by atoms with Crippen LogP contribution in [0.1, 0.15) is 2.85 Å². The van der Waals surface area contributed by atoms with Gasteiger partial charge in [-0.05, 0) is 0 Å². The standard InChI is InChI=1S/C6H12O7.Ca.Zn.2H/c7-1-2(8)3(9)4(10)5(11)6(12)13;;;;/h2-5,7-11H,1H2,(H,12,13);;;;/q;+2;;2*-1. The number of carboxylic acid groups (broad SMARTS) is 1. The molecule has 0 spiro atoms. The Balaban J connectivity index is -0.000000120. The van der Waals surface area contributed by atoms with Crippen LogP contribution in [0.3, 0.4) is 0 Å². The maximum atomic E-state index is 10.1. The number of hydrogen-bond acceptors (Lipinski definition) is 6. The molecule has 0 aromatic carbocycles. The molecule has 84 valence electrons. The minimum absolute atomic E-state index is 0. The molecule has 4 unspecified atom stereocenters. The Labute approximate surface area is 131 Å². The van der Waals surface area contributed by atoms with Gasteiger partial charge in [0.25, 0.3) is 0 Å². The van der Waals surface area contributed by atoms with Gasteiger partial charge in [-0.15, -0.1) is 0 Å². The van der Waals surface area contributed by atoms with Crippen molar-refractivity contribution in [2.24, 2.45) is 0 Å². The SMILES string of the molecule is O=C(O)C(O)C(O)C(O)C(O)CO.[Ca+2].[H-].[H-].[Zn]. The molecule has 15 heavy (non-hydrogen) atoms. The Hall–Kier alpha value is 1.15. The van der Waals surface area contributed by atoms with Crippen LogP contribution >= 0.6 is 0 Å². The molecule has 7 nitrogen and oxygen atoms in total. The van der Waals surface area contributed by atoms with Crippen molar-refractivity contribution in [3.8, 4) is 0 Å². The number of aliphatic hydroxyl groups excluding tert-OH is 5. The molecule has 0 heterocycles. The third kappa shape index (κ3) is 7.15. The third-order valence-electron chi connectivity index (χ3n) is 1.51. The van der Waals surface area contributed by atoms with Gasteiger partial charge in [-0.1, -0.05) is 0 Å². The summed E-state index contributed by atoms with van der Waals surface area (Å²) in [6, 6.07) is 0. The van der Waals surface area contributed by atoms with Crippen molar-refractivity contribution in [3.63, 3.8) is 0 Å². The van der Waals surface area contributed by atoms with Gasteiger partial charge in [0, 0.05) is 19.5 Å². The quantitative estimate of drug-likeness (QED) is 0.288. The van der Waals surface area contributed by atoms with Gasteiger partial charge in [-0.25, -0.2) is 4.79 Å². The van der Waals surface area contributed by atoms with Gasteiger partial charge in [0.15, 0.2) is 6.10 Å². The van der Waals surface area contributed by atoms with E-state index >= 15 is 0 Å². The summed E-state index contributed by atoms with van der Waals surface area (Å²) in [5.41, 5.74) is 0. The van der Waals surface area contributed by atoms with E-state index in [9.17, 15) is 4.79 Å². The van der Waals surface area contributed by atoms with E-state index in [0.29, 0.717) is 0 Å². The van der Waals surface area contributed by atoms with Crippen LogP contribution in [0, 0.1) is 0 Å². The van der Waals surface area contributed by atoms with E-state index < -0.39 is 37.0 Å². The summed E-state index contributed by atoms with van der Waals surface area (Å²) in [7, 11) is 0. The van der Waals surface area contributed by atoms with E-state index in [4.69, 9.17) is 30.6 Å². The number of carbonyl (C=O) groups is 1. The van der Waals surface area contributed by atoms with E-state index in [-0.39, 0.29) is 60.1 Å². The molecule has 6 N–H and O–H groups in total. The fourth-order valence-electron chi connectivity index (χ4n) is 0.668. The minimum Gasteiger partial charge on any atom is -1.00 e. The topological polar surface area (TPSA) is 138 Å². The molecule has 9 heteroatoms. The summed E-state index contributed by atoms with van der Waals surface area (Å²) in [6.45, 7) is -0.843. The second-order valence-corrected chi connectivity index (χ2v) is 2.51. The summed E-state index contributed by atoms with van der Waals surface area (Å²) in [6.07, 6.45) is -7.84. The van der Waals surface area contributed by atoms with Crippen LogP contribution in [-0.4, -0.2) is 105 Å². The first-order chi connectivity index (χ1) is 5.91. The Bertz CT molecular complexity index is 190. The van der Waals surface area contributed by atoms with E-state index in [1.54, 1.807) is 0 Å². The fraction of sp³-hybridized carbons (Fsp3) is 0.833. The van der Waals surface area contributed by atoms with Crippen molar-refractivity contribution >= 4 is 43.7 Å². The van der Waals surface area contributed by atoms with Gasteiger partial charge >= 0.3 is 43.7 Å². The predicted octanol–water partition coefficient (Wildman–Crippen LogP) is -3.65. The van der Waals surface area contributed by atoms with Gasteiger partial charge in [0.1, 0.15) is 18.3 Å². The Morgan fingerprint density at radius 3 is 1.80 bits per heavy atom. The van der Waals surface area contributed by atoms with Crippen molar-refractivity contribution in [2.75, 3.05) is 6.61 Å². The van der Waals surface area contributed by atoms with Crippen LogP contribution in [0.5, 0.6) is 0 Å². The second kappa shape index (κ2) is 10.3. The largest absolute Gasteiger partial charge is 2.00 e. The number of hydrogen-bond donors (Lipinski definition) is 6. The summed E-state index contributed by atoms with van der Waals surface area (Å²) < 4.78 is 0. The van der Waals surface area contributed by atoms with Crippen LogP contribution < -0.4 is 0 Å². The maximum absolute atomic E-state index is 10.1. The van der Waals surface area contributed by atoms with Crippen molar-refractivity contribution in [2.45, 2.75) is 24.4 Å². The smallest absolute Gasteiger partial charge is 1.00 e. The second-order valence-electron chi connectivity index (χ2n) is 2.51. The molecule has 0 aliphatic heterocycles. The third-order valence-corrected chi connectivity index (χ3v) is 1.51. The van der Waals surface area contributed by atoms with Crippen molar-refractivity contribution in [1.82, 2.24) is 0 Å². The molecular formula is C6H14CaO7Zn. The van der Waals surface area contributed by atoms with Gasteiger partial charge in [-0.3, -0.25) is 0 Å². The maximum Gasteiger partial charge on any atom is 2.00 e. The van der Waals surface area contributed by atoms with Crippen molar-refractivity contribution in [3.05, 3.63) is 0 Å². The van der Waals surface area contributed by atoms with Gasteiger partial charge in [0.2, 0.25) is 0 Å². The number of aliphatic carboxylic acids is 1. The van der Waals surface area contributed by atoms with Crippen LogP contribution in [0.4, 0.5) is 0 Å². The Morgan fingerprint density at radius 2 is 1.53 bits per heavy atom. The van der Waals surface area contributed by atoms with Crippen LogP contribution in [0.2, 0.25) is 0 Å². The average Bonchev–Trinajstić information content (AvgIpc) is 2.12. The predicted molar refractivity (Wildman–Crippen MR) is 46.7 cm³/mol. The van der Waals surface area contributed by atoms with Crippen molar-refractivity contribution in [1.29, 1.82) is 0 Å². The van der Waals surface area contributed by atoms with Gasteiger partial charge in [-0.2, -0.15) is 0 Å². The number of aliphatic hydroxyl groups is 5. The molecule has 0 rings (SSSR count). The molecule has 0 fully saturated rings. The monoisotopic (exact) mass is 302 g/mol. The van der Waals surface area contributed by atoms with Crippen molar-refractivity contribution < 1.29 is 57.8 Å². The van der Waals surface area contributed by atoms with Crippen LogP contribution in [-0.2, 0) is 24.3 Å². The summed E-state index contributed by atoms with van der Waals surface area (Å²) in [4.78, 5) is 10.1. The summed E-state index contributed by atoms with van der Waals surface area (Å²) in [5.74, 6) is -1.73. The first-order valence-corrected chi connectivity index (χ1v) is 3.47. The molecule has 0 aromatic heterocycles. The van der Waals surface area contributed by atoms with E-state index in [0.717, 1.165) is 0 Å². The zero-order valence-electron chi connectivity index (χ0n) is 10.0. The molecule has 0 aliphatic rings. The average molecular weight is 304 g/mol. The molecule has 0 saturated carbocycles. The zero-order valence-corrected chi connectivity index (χ0v) is 13.2. The van der Waals surface area contributed by atoms with Crippen LogP contribution in [0.15, 0.2) is 0 Å². The first-order valence-electron chi connectivity index (χ1n) is 3.47. The van der Waals surface area contributed by atoms with E-state index in [1.165, 1.54) is 0 Å². The first kappa shape index (κ1) is 21.4. The number of carboxylic acids is 1. The zero-order chi connectivity index (χ0) is 10.6. The molecule has 0 radical (unpaired) electrons. The van der Waals surface area contributed by atoms with E-state index in [2.05, 4.69) is 0 Å². The fourth-order valence-corrected chi connectivity index (χ4v) is 0.668. The Morgan fingerprint density at radius 1 is 1.13 bits per heavy atom. The molecule has 0 aromatic rings. The van der Waals surface area contributed by atoms with Gasteiger partial charge < -0.3 is 33.5 Å². The molecule has 0 aliphatic carbocycles. The summed E-state index contributed by atoms with van der Waals surface area (Å²) >= 11 is 0. The van der Waals surface area contributed by atoms with Gasteiger partial charge in [0.05, 0.1) is 6.61 Å². The molecule has 4 atom stereocenters. The molecule has 0 amide bonds. The molecule has 0 saturated heterocycles. The molecular weight excluding hydrogens is 290 g/mol. The molecule has 0 bridgehead atoms. The Kier molecular flexibility index (Phi) is 14.7. The van der Waals surface area contributed by atoms with E-state index in [1.807, 2.05) is 0 Å².